The van der Waals surface area contributed by atoms with E-state index in [-0.39, 0.29) is 0 Å². The van der Waals surface area contributed by atoms with Crippen molar-refractivity contribution in [3.05, 3.63) is 237 Å². The van der Waals surface area contributed by atoms with Gasteiger partial charge in [0.05, 0.1) is 0 Å². The summed E-state index contributed by atoms with van der Waals surface area (Å²) in [5, 5.41) is 2.34. The standard InChI is InChI=1S/C58H39NO/c1-4-13-40(14-5-1)42-23-30-49(31-24-42)59(50-32-25-43(26-33-50)41-15-6-2-7-16-41)51-34-27-44(28-35-51)48-29-36-54-56(39-48)60-57-38-47-20-11-10-19-46(47)37-55(57)53-22-12-21-52(58(53)54)45-17-8-3-9-18-45/h1-39H. The summed E-state index contributed by atoms with van der Waals surface area (Å²) < 4.78 is 7.00. The zero-order chi connectivity index (χ0) is 39.8. The van der Waals surface area contributed by atoms with Gasteiger partial charge in [-0.2, -0.15) is 0 Å². The van der Waals surface area contributed by atoms with Crippen LogP contribution in [-0.4, -0.2) is 0 Å². The number of ether oxygens (including phenoxy) is 1. The van der Waals surface area contributed by atoms with Crippen molar-refractivity contribution in [2.75, 3.05) is 4.90 Å². The molecule has 11 rings (SSSR count). The number of rotatable bonds is 7. The molecule has 1 heterocycles. The topological polar surface area (TPSA) is 12.5 Å². The van der Waals surface area contributed by atoms with E-state index in [2.05, 4.69) is 241 Å². The SMILES string of the molecule is c1ccc(-c2ccc(N(c3ccc(-c4ccccc4)cc3)c3ccc(-c4ccc5c(c4)Oc4cc6ccccc6cc4-c4cccc(-c6ccccc6)c4-5)cc3)cc2)cc1. The second-order valence-corrected chi connectivity index (χ2v) is 15.3. The van der Waals surface area contributed by atoms with Crippen LogP contribution in [0.2, 0.25) is 0 Å². The Bertz CT molecular complexity index is 3040. The molecule has 0 radical (unpaired) electrons. The Kier molecular flexibility index (Phi) is 8.87. The summed E-state index contributed by atoms with van der Waals surface area (Å²) in [6.07, 6.45) is 0. The Labute approximate surface area is 350 Å². The molecule has 10 aromatic rings. The van der Waals surface area contributed by atoms with Crippen LogP contribution >= 0.6 is 0 Å². The van der Waals surface area contributed by atoms with Crippen molar-refractivity contribution in [3.8, 4) is 78.3 Å². The highest BCUT2D eigenvalue weighted by atomic mass is 16.5. The summed E-state index contributed by atoms with van der Waals surface area (Å²) >= 11 is 0. The second-order valence-electron chi connectivity index (χ2n) is 15.3. The molecule has 0 N–H and O–H groups in total. The lowest BCUT2D eigenvalue weighted by atomic mass is 9.86. The monoisotopic (exact) mass is 765 g/mol. The highest BCUT2D eigenvalue weighted by molar-refractivity contribution is 6.02. The van der Waals surface area contributed by atoms with Gasteiger partial charge in [-0.15, -0.1) is 0 Å². The largest absolute Gasteiger partial charge is 0.456 e. The van der Waals surface area contributed by atoms with Crippen LogP contribution in [0, 0.1) is 0 Å². The highest BCUT2D eigenvalue weighted by Crippen LogP contribution is 2.52. The number of hydrogen-bond donors (Lipinski definition) is 0. The molecule has 0 aromatic heterocycles. The third kappa shape index (κ3) is 6.51. The van der Waals surface area contributed by atoms with Crippen LogP contribution in [0.15, 0.2) is 237 Å². The maximum absolute atomic E-state index is 7.00. The molecular formula is C58H39NO. The summed E-state index contributed by atoms with van der Waals surface area (Å²) in [5.74, 6) is 1.70. The molecule has 0 saturated carbocycles. The lowest BCUT2D eigenvalue weighted by Crippen LogP contribution is -2.09. The Morgan fingerprint density at radius 2 is 0.667 bits per heavy atom. The van der Waals surface area contributed by atoms with E-state index in [4.69, 9.17) is 4.74 Å². The summed E-state index contributed by atoms with van der Waals surface area (Å²) in [7, 11) is 0. The first-order chi connectivity index (χ1) is 29.7. The summed E-state index contributed by atoms with van der Waals surface area (Å²) in [4.78, 5) is 2.33. The molecule has 2 nitrogen and oxygen atoms in total. The van der Waals surface area contributed by atoms with Crippen molar-refractivity contribution in [1.82, 2.24) is 0 Å². The lowest BCUT2D eigenvalue weighted by Gasteiger charge is -2.26. The van der Waals surface area contributed by atoms with Crippen LogP contribution in [0.1, 0.15) is 0 Å². The van der Waals surface area contributed by atoms with E-state index in [1.54, 1.807) is 0 Å². The summed E-state index contributed by atoms with van der Waals surface area (Å²) in [6.45, 7) is 0. The quantitative estimate of drug-likeness (QED) is 0.160. The molecule has 0 saturated heterocycles. The van der Waals surface area contributed by atoms with Crippen LogP contribution in [0.4, 0.5) is 17.1 Å². The minimum absolute atomic E-state index is 0.842. The summed E-state index contributed by atoms with van der Waals surface area (Å²) in [5.41, 5.74) is 17.1. The molecule has 0 unspecified atom stereocenters. The first-order valence-electron chi connectivity index (χ1n) is 20.5. The maximum Gasteiger partial charge on any atom is 0.135 e. The van der Waals surface area contributed by atoms with Gasteiger partial charge in [0.2, 0.25) is 0 Å². The predicted molar refractivity (Wildman–Crippen MR) is 251 cm³/mol. The summed E-state index contributed by atoms with van der Waals surface area (Å²) in [6, 6.07) is 84.7. The predicted octanol–water partition coefficient (Wildman–Crippen LogP) is 16.4. The Morgan fingerprint density at radius 1 is 0.250 bits per heavy atom. The average Bonchev–Trinajstić information content (AvgIpc) is 3.46. The smallest absolute Gasteiger partial charge is 0.135 e. The van der Waals surface area contributed by atoms with Crippen LogP contribution in [0.5, 0.6) is 11.5 Å². The first kappa shape index (κ1) is 35.2. The Balaban J connectivity index is 0.996. The van der Waals surface area contributed by atoms with Crippen molar-refractivity contribution in [2.24, 2.45) is 0 Å². The number of anilines is 3. The molecule has 1 aliphatic heterocycles. The molecule has 2 heteroatoms. The number of nitrogens with zero attached hydrogens (tertiary/aromatic N) is 1. The van der Waals surface area contributed by atoms with Gasteiger partial charge in [0.25, 0.3) is 0 Å². The normalized spacial score (nSPS) is 11.5. The number of hydrogen-bond acceptors (Lipinski definition) is 2. The molecule has 0 fully saturated rings. The molecule has 0 bridgehead atoms. The molecule has 0 aliphatic carbocycles. The minimum atomic E-state index is 0.842. The van der Waals surface area contributed by atoms with E-state index in [1.165, 1.54) is 49.9 Å². The van der Waals surface area contributed by atoms with Crippen LogP contribution in [0.25, 0.3) is 77.5 Å². The van der Waals surface area contributed by atoms with Crippen molar-refractivity contribution in [3.63, 3.8) is 0 Å². The van der Waals surface area contributed by atoms with E-state index in [9.17, 15) is 0 Å². The van der Waals surface area contributed by atoms with E-state index < -0.39 is 0 Å². The molecule has 10 aromatic carbocycles. The fraction of sp³-hybridized carbons (Fsp3) is 0. The van der Waals surface area contributed by atoms with Crippen molar-refractivity contribution in [1.29, 1.82) is 0 Å². The van der Waals surface area contributed by atoms with E-state index in [0.717, 1.165) is 56.2 Å². The zero-order valence-corrected chi connectivity index (χ0v) is 32.9. The molecule has 0 amide bonds. The van der Waals surface area contributed by atoms with Crippen LogP contribution in [-0.2, 0) is 0 Å². The van der Waals surface area contributed by atoms with Gasteiger partial charge in [0, 0.05) is 33.8 Å². The molecule has 0 spiro atoms. The van der Waals surface area contributed by atoms with E-state index in [1.807, 2.05) is 0 Å². The van der Waals surface area contributed by atoms with Gasteiger partial charge in [-0.1, -0.05) is 176 Å². The molecule has 282 valence electrons. The second kappa shape index (κ2) is 15.1. The Hall–Kier alpha value is -7.94. The van der Waals surface area contributed by atoms with Gasteiger partial charge < -0.3 is 9.64 Å². The molecular weight excluding hydrogens is 727 g/mol. The van der Waals surface area contributed by atoms with Gasteiger partial charge in [0.15, 0.2) is 0 Å². The lowest BCUT2D eigenvalue weighted by molar-refractivity contribution is 0.488. The first-order valence-corrected chi connectivity index (χ1v) is 20.5. The fourth-order valence-corrected chi connectivity index (χ4v) is 8.67. The molecule has 0 atom stereocenters. The maximum atomic E-state index is 7.00. The Morgan fingerprint density at radius 3 is 1.22 bits per heavy atom. The van der Waals surface area contributed by atoms with Crippen molar-refractivity contribution in [2.45, 2.75) is 0 Å². The van der Waals surface area contributed by atoms with E-state index >= 15 is 0 Å². The van der Waals surface area contributed by atoms with Crippen LogP contribution < -0.4 is 9.64 Å². The van der Waals surface area contributed by atoms with Crippen molar-refractivity contribution >= 4 is 27.8 Å². The van der Waals surface area contributed by atoms with Crippen LogP contribution in [0.3, 0.4) is 0 Å². The third-order valence-corrected chi connectivity index (χ3v) is 11.7. The average molecular weight is 766 g/mol. The van der Waals surface area contributed by atoms with E-state index in [0.29, 0.717) is 0 Å². The third-order valence-electron chi connectivity index (χ3n) is 11.7. The number of fused-ring (bicyclic) bond motifs is 6. The molecule has 1 aliphatic rings. The van der Waals surface area contributed by atoms with Gasteiger partial charge in [-0.25, -0.2) is 0 Å². The van der Waals surface area contributed by atoms with Gasteiger partial charge in [0.1, 0.15) is 11.5 Å². The zero-order valence-electron chi connectivity index (χ0n) is 32.9. The molecule has 60 heavy (non-hydrogen) atoms. The fourth-order valence-electron chi connectivity index (χ4n) is 8.67. The number of benzene rings is 10. The van der Waals surface area contributed by atoms with Gasteiger partial charge >= 0.3 is 0 Å². The van der Waals surface area contributed by atoms with Gasteiger partial charge in [-0.3, -0.25) is 0 Å². The highest BCUT2D eigenvalue weighted by Gasteiger charge is 2.25. The minimum Gasteiger partial charge on any atom is -0.456 e. The van der Waals surface area contributed by atoms with Crippen molar-refractivity contribution < 1.29 is 4.74 Å². The van der Waals surface area contributed by atoms with Gasteiger partial charge in [-0.05, 0) is 122 Å².